The van der Waals surface area contributed by atoms with Crippen molar-refractivity contribution in [1.82, 2.24) is 15.8 Å². The third-order valence-electron chi connectivity index (χ3n) is 4.34. The van der Waals surface area contributed by atoms with E-state index in [1.54, 1.807) is 6.07 Å². The molecule has 2 aromatic rings. The highest BCUT2D eigenvalue weighted by atomic mass is 79.9. The second-order valence-corrected chi connectivity index (χ2v) is 7.04. The molecule has 0 aromatic heterocycles. The average Bonchev–Trinajstić information content (AvgIpc) is 3.14. The number of carbonyl (C=O) groups is 2. The van der Waals surface area contributed by atoms with Crippen LogP contribution in [0.5, 0.6) is 0 Å². The van der Waals surface area contributed by atoms with Gasteiger partial charge >= 0.3 is 0 Å². The second-order valence-electron chi connectivity index (χ2n) is 6.12. The molecular formula is C19H19BrFN3O2. The molecule has 3 rings (SSSR count). The maximum atomic E-state index is 13.7. The Morgan fingerprint density at radius 3 is 2.46 bits per heavy atom. The fourth-order valence-corrected chi connectivity index (χ4v) is 3.52. The molecule has 0 saturated carbocycles. The van der Waals surface area contributed by atoms with Gasteiger partial charge in [-0.1, -0.05) is 40.2 Å². The smallest absolute Gasteiger partial charge is 0.272 e. The standard InChI is InChI=1S/C19H19BrFN3O2/c20-14-7-5-6-13(12-14)17(24-10-3-4-11-24)19(26)23-22-18(25)15-8-1-2-9-16(15)21/h1-2,5-9,12,17H,3-4,10-11H2,(H,22,25)(H,23,26)/t17-/m0/s1. The minimum absolute atomic E-state index is 0.118. The van der Waals surface area contributed by atoms with E-state index in [0.717, 1.165) is 36.0 Å². The van der Waals surface area contributed by atoms with E-state index in [1.165, 1.54) is 18.2 Å². The van der Waals surface area contributed by atoms with E-state index in [2.05, 4.69) is 31.7 Å². The zero-order valence-corrected chi connectivity index (χ0v) is 15.6. The topological polar surface area (TPSA) is 61.4 Å². The van der Waals surface area contributed by atoms with E-state index in [9.17, 15) is 14.0 Å². The fourth-order valence-electron chi connectivity index (χ4n) is 3.10. The van der Waals surface area contributed by atoms with Crippen molar-refractivity contribution >= 4 is 27.7 Å². The van der Waals surface area contributed by atoms with Crippen LogP contribution in [-0.2, 0) is 4.79 Å². The summed E-state index contributed by atoms with van der Waals surface area (Å²) in [4.78, 5) is 27.0. The lowest BCUT2D eigenvalue weighted by atomic mass is 10.1. The van der Waals surface area contributed by atoms with Gasteiger partial charge in [-0.05, 0) is 55.8 Å². The molecule has 1 aliphatic rings. The van der Waals surface area contributed by atoms with E-state index in [-0.39, 0.29) is 11.5 Å². The Labute approximate surface area is 159 Å². The first kappa shape index (κ1) is 18.5. The van der Waals surface area contributed by atoms with E-state index >= 15 is 0 Å². The second kappa shape index (κ2) is 8.42. The maximum absolute atomic E-state index is 13.7. The first-order chi connectivity index (χ1) is 12.6. The van der Waals surface area contributed by atoms with Crippen LogP contribution in [0.25, 0.3) is 0 Å². The van der Waals surface area contributed by atoms with Crippen LogP contribution in [0.2, 0.25) is 0 Å². The quantitative estimate of drug-likeness (QED) is 0.748. The Balaban J connectivity index is 1.73. The number of hydrogen-bond acceptors (Lipinski definition) is 3. The number of hydrogen-bond donors (Lipinski definition) is 2. The van der Waals surface area contributed by atoms with Gasteiger partial charge in [-0.15, -0.1) is 0 Å². The summed E-state index contributed by atoms with van der Waals surface area (Å²) < 4.78 is 14.6. The summed E-state index contributed by atoms with van der Waals surface area (Å²) in [5.74, 6) is -1.68. The van der Waals surface area contributed by atoms with E-state index in [0.29, 0.717) is 0 Å². The average molecular weight is 420 g/mol. The number of rotatable bonds is 4. The van der Waals surface area contributed by atoms with Gasteiger partial charge in [-0.2, -0.15) is 0 Å². The predicted molar refractivity (Wildman–Crippen MR) is 99.7 cm³/mol. The first-order valence-corrected chi connectivity index (χ1v) is 9.20. The van der Waals surface area contributed by atoms with Crippen molar-refractivity contribution in [3.8, 4) is 0 Å². The van der Waals surface area contributed by atoms with Crippen LogP contribution >= 0.6 is 15.9 Å². The summed E-state index contributed by atoms with van der Waals surface area (Å²) in [5, 5.41) is 0. The van der Waals surface area contributed by atoms with Gasteiger partial charge in [-0.25, -0.2) is 4.39 Å². The van der Waals surface area contributed by atoms with Crippen LogP contribution in [0.1, 0.15) is 34.8 Å². The number of carbonyl (C=O) groups excluding carboxylic acids is 2. The molecular weight excluding hydrogens is 401 g/mol. The molecule has 0 aliphatic carbocycles. The zero-order valence-electron chi connectivity index (χ0n) is 14.0. The lowest BCUT2D eigenvalue weighted by Crippen LogP contribution is -2.47. The van der Waals surface area contributed by atoms with Gasteiger partial charge in [-0.3, -0.25) is 25.3 Å². The minimum atomic E-state index is -0.689. The van der Waals surface area contributed by atoms with Crippen LogP contribution < -0.4 is 10.9 Å². The molecule has 0 bridgehead atoms. The van der Waals surface area contributed by atoms with Crippen molar-refractivity contribution in [3.63, 3.8) is 0 Å². The highest BCUT2D eigenvalue weighted by Crippen LogP contribution is 2.27. The number of nitrogens with zero attached hydrogens (tertiary/aromatic N) is 1. The highest BCUT2D eigenvalue weighted by Gasteiger charge is 2.30. The lowest BCUT2D eigenvalue weighted by molar-refractivity contribution is -0.127. The monoisotopic (exact) mass is 419 g/mol. The molecule has 0 unspecified atom stereocenters. The lowest BCUT2D eigenvalue weighted by Gasteiger charge is -2.27. The fraction of sp³-hybridized carbons (Fsp3) is 0.263. The van der Waals surface area contributed by atoms with Crippen molar-refractivity contribution in [2.75, 3.05) is 13.1 Å². The van der Waals surface area contributed by atoms with Crippen LogP contribution in [0.3, 0.4) is 0 Å². The van der Waals surface area contributed by atoms with Gasteiger partial charge in [0.05, 0.1) is 5.56 Å². The van der Waals surface area contributed by atoms with E-state index in [4.69, 9.17) is 0 Å². The Morgan fingerprint density at radius 2 is 1.77 bits per heavy atom. The maximum Gasteiger partial charge on any atom is 0.272 e. The Morgan fingerprint density at radius 1 is 1.04 bits per heavy atom. The third kappa shape index (κ3) is 4.28. The van der Waals surface area contributed by atoms with E-state index in [1.807, 2.05) is 24.3 Å². The van der Waals surface area contributed by atoms with Crippen molar-refractivity contribution in [2.45, 2.75) is 18.9 Å². The molecule has 26 heavy (non-hydrogen) atoms. The van der Waals surface area contributed by atoms with Crippen molar-refractivity contribution in [2.24, 2.45) is 0 Å². The minimum Gasteiger partial charge on any atom is -0.288 e. The van der Waals surface area contributed by atoms with Crippen LogP contribution in [-0.4, -0.2) is 29.8 Å². The molecule has 1 saturated heterocycles. The highest BCUT2D eigenvalue weighted by molar-refractivity contribution is 9.10. The third-order valence-corrected chi connectivity index (χ3v) is 4.83. The Bertz CT molecular complexity index is 809. The molecule has 2 amide bonds. The Kier molecular flexibility index (Phi) is 6.00. The summed E-state index contributed by atoms with van der Waals surface area (Å²) in [6.07, 6.45) is 2.05. The summed E-state index contributed by atoms with van der Waals surface area (Å²) in [5.41, 5.74) is 5.47. The number of benzene rings is 2. The summed E-state index contributed by atoms with van der Waals surface area (Å²) >= 11 is 3.43. The molecule has 1 fully saturated rings. The van der Waals surface area contributed by atoms with Gasteiger partial charge in [0.1, 0.15) is 11.9 Å². The van der Waals surface area contributed by atoms with Crippen LogP contribution in [0.15, 0.2) is 53.0 Å². The summed E-state index contributed by atoms with van der Waals surface area (Å²) in [6.45, 7) is 1.62. The molecule has 0 spiro atoms. The van der Waals surface area contributed by atoms with Crippen molar-refractivity contribution in [1.29, 1.82) is 0 Å². The summed E-state index contributed by atoms with van der Waals surface area (Å²) in [7, 11) is 0. The molecule has 1 aliphatic heterocycles. The Hall–Kier alpha value is -2.25. The van der Waals surface area contributed by atoms with Crippen LogP contribution in [0.4, 0.5) is 4.39 Å². The van der Waals surface area contributed by atoms with Crippen molar-refractivity contribution < 1.29 is 14.0 Å². The molecule has 2 N–H and O–H groups in total. The molecule has 136 valence electrons. The number of halogens is 2. The zero-order chi connectivity index (χ0) is 18.5. The van der Waals surface area contributed by atoms with Gasteiger partial charge in [0.25, 0.3) is 11.8 Å². The number of hydrazine groups is 1. The molecule has 2 aromatic carbocycles. The predicted octanol–water partition coefficient (Wildman–Crippen LogP) is 3.19. The van der Waals surface area contributed by atoms with Gasteiger partial charge < -0.3 is 0 Å². The molecule has 5 nitrogen and oxygen atoms in total. The van der Waals surface area contributed by atoms with Gasteiger partial charge in [0.2, 0.25) is 0 Å². The largest absolute Gasteiger partial charge is 0.288 e. The first-order valence-electron chi connectivity index (χ1n) is 8.40. The van der Waals surface area contributed by atoms with Crippen molar-refractivity contribution in [3.05, 3.63) is 69.9 Å². The molecule has 1 atom stereocenters. The number of likely N-dealkylation sites (tertiary alicyclic amines) is 1. The van der Waals surface area contributed by atoms with Gasteiger partial charge in [0, 0.05) is 4.47 Å². The molecule has 7 heteroatoms. The normalized spacial score (nSPS) is 15.5. The van der Waals surface area contributed by atoms with Crippen LogP contribution in [0, 0.1) is 5.82 Å². The number of nitrogens with one attached hydrogen (secondary N) is 2. The number of amides is 2. The van der Waals surface area contributed by atoms with E-state index < -0.39 is 17.8 Å². The molecule has 0 radical (unpaired) electrons. The summed E-state index contributed by atoms with van der Waals surface area (Å²) in [6, 6.07) is 12.6. The molecule has 1 heterocycles. The van der Waals surface area contributed by atoms with Gasteiger partial charge in [0.15, 0.2) is 0 Å². The SMILES string of the molecule is O=C(NNC(=O)[C@H](c1cccc(Br)c1)N1CCCC1)c1ccccc1F.